The molecule has 1 aromatic carbocycles. The quantitative estimate of drug-likeness (QED) is 0.846. The van der Waals surface area contributed by atoms with Gasteiger partial charge in [-0.2, -0.15) is 0 Å². The summed E-state index contributed by atoms with van der Waals surface area (Å²) >= 11 is 0. The van der Waals surface area contributed by atoms with E-state index in [1.807, 2.05) is 0 Å². The Hall–Kier alpha value is -1.46. The number of carbonyl (C=O) groups excluding carboxylic acids is 1. The SMILES string of the molecule is COC(=O)CC1CCCCN1Cc1cc(F)ccc1CN. The molecule has 0 aromatic heterocycles. The molecule has 2 rings (SSSR count). The Morgan fingerprint density at radius 2 is 2.24 bits per heavy atom. The van der Waals surface area contributed by atoms with Crippen LogP contribution in [0.3, 0.4) is 0 Å². The van der Waals surface area contributed by atoms with Gasteiger partial charge in [0.2, 0.25) is 0 Å². The van der Waals surface area contributed by atoms with Gasteiger partial charge in [-0.25, -0.2) is 4.39 Å². The maximum Gasteiger partial charge on any atom is 0.307 e. The van der Waals surface area contributed by atoms with Gasteiger partial charge in [0, 0.05) is 19.1 Å². The summed E-state index contributed by atoms with van der Waals surface area (Å²) < 4.78 is 18.2. The highest BCUT2D eigenvalue weighted by Gasteiger charge is 2.25. The van der Waals surface area contributed by atoms with Crippen LogP contribution in [0.25, 0.3) is 0 Å². The van der Waals surface area contributed by atoms with Crippen molar-refractivity contribution in [2.24, 2.45) is 5.73 Å². The maximum atomic E-state index is 13.5. The number of hydrogen-bond donors (Lipinski definition) is 1. The molecule has 2 N–H and O–H groups in total. The lowest BCUT2D eigenvalue weighted by Crippen LogP contribution is -2.40. The molecule has 21 heavy (non-hydrogen) atoms. The standard InChI is InChI=1S/C16H23FN2O2/c1-21-16(20)9-15-4-2-3-7-19(15)11-13-8-14(17)6-5-12(13)10-18/h5-6,8,15H,2-4,7,9-11,18H2,1H3. The van der Waals surface area contributed by atoms with Crippen molar-refractivity contribution in [1.29, 1.82) is 0 Å². The fourth-order valence-corrected chi connectivity index (χ4v) is 2.93. The summed E-state index contributed by atoms with van der Waals surface area (Å²) in [5.74, 6) is -0.436. The van der Waals surface area contributed by atoms with Crippen LogP contribution >= 0.6 is 0 Å². The lowest BCUT2D eigenvalue weighted by Gasteiger charge is -2.35. The molecule has 1 fully saturated rings. The normalized spacial score (nSPS) is 19.5. The average molecular weight is 294 g/mol. The second-order valence-electron chi connectivity index (χ2n) is 5.52. The molecule has 1 unspecified atom stereocenters. The summed E-state index contributed by atoms with van der Waals surface area (Å²) in [6.45, 7) is 1.94. The molecule has 0 bridgehead atoms. The van der Waals surface area contributed by atoms with Crippen molar-refractivity contribution < 1.29 is 13.9 Å². The monoisotopic (exact) mass is 294 g/mol. The summed E-state index contributed by atoms with van der Waals surface area (Å²) in [6.07, 6.45) is 3.59. The lowest BCUT2D eigenvalue weighted by atomic mass is 9.97. The molecule has 0 saturated carbocycles. The number of piperidine rings is 1. The Morgan fingerprint density at radius 3 is 2.95 bits per heavy atom. The minimum Gasteiger partial charge on any atom is -0.469 e. The third-order valence-electron chi connectivity index (χ3n) is 4.14. The van der Waals surface area contributed by atoms with E-state index in [-0.39, 0.29) is 17.8 Å². The van der Waals surface area contributed by atoms with Crippen LogP contribution in [0.5, 0.6) is 0 Å². The van der Waals surface area contributed by atoms with Crippen LogP contribution in [0.1, 0.15) is 36.8 Å². The molecule has 1 aromatic rings. The number of esters is 1. The van der Waals surface area contributed by atoms with Crippen molar-refractivity contribution in [1.82, 2.24) is 4.90 Å². The van der Waals surface area contributed by atoms with Gasteiger partial charge in [-0.15, -0.1) is 0 Å². The summed E-state index contributed by atoms with van der Waals surface area (Å²) in [4.78, 5) is 13.8. The van der Waals surface area contributed by atoms with E-state index in [0.29, 0.717) is 19.5 Å². The molecule has 1 atom stereocenters. The predicted molar refractivity (Wildman–Crippen MR) is 79.0 cm³/mol. The first kappa shape index (κ1) is 15.9. The predicted octanol–water partition coefficient (Wildman–Crippen LogP) is 2.20. The van der Waals surface area contributed by atoms with Crippen LogP contribution in [0, 0.1) is 5.82 Å². The zero-order valence-corrected chi connectivity index (χ0v) is 12.5. The molecule has 0 spiro atoms. The molecule has 0 aliphatic carbocycles. The van der Waals surface area contributed by atoms with Gasteiger partial charge in [0.25, 0.3) is 0 Å². The zero-order chi connectivity index (χ0) is 15.2. The highest BCUT2D eigenvalue weighted by molar-refractivity contribution is 5.69. The minimum absolute atomic E-state index is 0.167. The molecule has 1 aliphatic heterocycles. The summed E-state index contributed by atoms with van der Waals surface area (Å²) in [5, 5.41) is 0. The van der Waals surface area contributed by atoms with Gasteiger partial charge in [-0.3, -0.25) is 9.69 Å². The number of hydrogen-bond acceptors (Lipinski definition) is 4. The van der Waals surface area contributed by atoms with Crippen LogP contribution in [0.2, 0.25) is 0 Å². The van der Waals surface area contributed by atoms with Crippen molar-refractivity contribution in [2.45, 2.75) is 44.8 Å². The van der Waals surface area contributed by atoms with E-state index < -0.39 is 0 Å². The first-order valence-electron chi connectivity index (χ1n) is 7.42. The van der Waals surface area contributed by atoms with Crippen molar-refractivity contribution in [3.05, 3.63) is 35.1 Å². The number of halogens is 1. The van der Waals surface area contributed by atoms with E-state index in [4.69, 9.17) is 10.5 Å². The number of ether oxygens (including phenoxy) is 1. The molecular weight excluding hydrogens is 271 g/mol. The van der Waals surface area contributed by atoms with Gasteiger partial charge < -0.3 is 10.5 Å². The number of carbonyl (C=O) groups is 1. The first-order chi connectivity index (χ1) is 10.1. The van der Waals surface area contributed by atoms with Gasteiger partial charge in [0.05, 0.1) is 13.5 Å². The average Bonchev–Trinajstić information content (AvgIpc) is 2.49. The molecule has 116 valence electrons. The molecular formula is C16H23FN2O2. The minimum atomic E-state index is -0.247. The van der Waals surface area contributed by atoms with Crippen LogP contribution in [-0.4, -0.2) is 30.6 Å². The summed E-state index contributed by atoms with van der Waals surface area (Å²) in [7, 11) is 1.41. The van der Waals surface area contributed by atoms with E-state index in [1.165, 1.54) is 13.2 Å². The molecule has 1 saturated heterocycles. The third-order valence-corrected chi connectivity index (χ3v) is 4.14. The summed E-state index contributed by atoms with van der Waals surface area (Å²) in [5.41, 5.74) is 7.60. The van der Waals surface area contributed by atoms with E-state index in [0.717, 1.165) is 36.9 Å². The van der Waals surface area contributed by atoms with Crippen LogP contribution in [-0.2, 0) is 22.6 Å². The van der Waals surface area contributed by atoms with E-state index >= 15 is 0 Å². The van der Waals surface area contributed by atoms with Crippen molar-refractivity contribution >= 4 is 5.97 Å². The Kier molecular flexibility index (Phi) is 5.70. The second kappa shape index (κ2) is 7.52. The first-order valence-corrected chi connectivity index (χ1v) is 7.42. The van der Waals surface area contributed by atoms with Gasteiger partial charge >= 0.3 is 5.97 Å². The smallest absolute Gasteiger partial charge is 0.307 e. The van der Waals surface area contributed by atoms with Crippen LogP contribution in [0.15, 0.2) is 18.2 Å². The zero-order valence-electron chi connectivity index (χ0n) is 12.5. The Morgan fingerprint density at radius 1 is 1.43 bits per heavy atom. The number of nitrogens with two attached hydrogens (primary N) is 1. The van der Waals surface area contributed by atoms with E-state index in [9.17, 15) is 9.18 Å². The largest absolute Gasteiger partial charge is 0.469 e. The highest BCUT2D eigenvalue weighted by atomic mass is 19.1. The van der Waals surface area contributed by atoms with Crippen molar-refractivity contribution in [3.63, 3.8) is 0 Å². The Labute approximate surface area is 125 Å². The fraction of sp³-hybridized carbons (Fsp3) is 0.562. The summed E-state index contributed by atoms with van der Waals surface area (Å²) in [6, 6.07) is 4.89. The molecule has 1 heterocycles. The number of benzene rings is 1. The Balaban J connectivity index is 2.11. The number of nitrogens with zero attached hydrogens (tertiary/aromatic N) is 1. The van der Waals surface area contributed by atoms with Crippen molar-refractivity contribution in [3.8, 4) is 0 Å². The van der Waals surface area contributed by atoms with Gasteiger partial charge in [0.1, 0.15) is 5.82 Å². The molecule has 0 amide bonds. The van der Waals surface area contributed by atoms with E-state index in [1.54, 1.807) is 12.1 Å². The van der Waals surface area contributed by atoms with Crippen molar-refractivity contribution in [2.75, 3.05) is 13.7 Å². The lowest BCUT2D eigenvalue weighted by molar-refractivity contribution is -0.142. The van der Waals surface area contributed by atoms with Crippen LogP contribution < -0.4 is 5.73 Å². The molecule has 0 radical (unpaired) electrons. The van der Waals surface area contributed by atoms with Gasteiger partial charge in [-0.05, 0) is 42.6 Å². The Bertz CT molecular complexity index is 493. The van der Waals surface area contributed by atoms with E-state index in [2.05, 4.69) is 4.90 Å². The van der Waals surface area contributed by atoms with Gasteiger partial charge in [0.15, 0.2) is 0 Å². The molecule has 4 nitrogen and oxygen atoms in total. The fourth-order valence-electron chi connectivity index (χ4n) is 2.93. The molecule has 1 aliphatic rings. The number of rotatable bonds is 5. The maximum absolute atomic E-state index is 13.5. The number of methoxy groups -OCH3 is 1. The highest BCUT2D eigenvalue weighted by Crippen LogP contribution is 2.24. The topological polar surface area (TPSA) is 55.6 Å². The van der Waals surface area contributed by atoms with Gasteiger partial charge in [-0.1, -0.05) is 12.5 Å². The third kappa shape index (κ3) is 4.25. The van der Waals surface area contributed by atoms with Crippen LogP contribution in [0.4, 0.5) is 4.39 Å². The molecule has 5 heteroatoms. The second-order valence-corrected chi connectivity index (χ2v) is 5.52. The number of likely N-dealkylation sites (tertiary alicyclic amines) is 1.